The van der Waals surface area contributed by atoms with Crippen molar-refractivity contribution in [3.63, 3.8) is 0 Å². The average molecular weight is 298 g/mol. The highest BCUT2D eigenvalue weighted by atomic mass is 15.1. The van der Waals surface area contributed by atoms with Crippen molar-refractivity contribution in [2.24, 2.45) is 0 Å². The maximum Gasteiger partial charge on any atom is 0.229 e. The van der Waals surface area contributed by atoms with E-state index in [4.69, 9.17) is 0 Å². The Bertz CT molecular complexity index is 616. The summed E-state index contributed by atoms with van der Waals surface area (Å²) in [5.41, 5.74) is 2.37. The maximum atomic E-state index is 4.55. The Morgan fingerprint density at radius 3 is 2.55 bits per heavy atom. The van der Waals surface area contributed by atoms with Crippen LogP contribution in [0.25, 0.3) is 0 Å². The molecule has 0 fully saturated rings. The second kappa shape index (κ2) is 6.77. The number of nitrogens with one attached hydrogen (secondary N) is 2. The molecule has 1 atom stereocenters. The van der Waals surface area contributed by atoms with Crippen molar-refractivity contribution < 1.29 is 0 Å². The molecule has 1 unspecified atom stereocenters. The largest absolute Gasteiger partial charge is 0.367 e. The minimum absolute atomic E-state index is 0.0657. The fourth-order valence-electron chi connectivity index (χ4n) is 2.22. The summed E-state index contributed by atoms with van der Waals surface area (Å²) in [4.78, 5) is 8.87. The van der Waals surface area contributed by atoms with Gasteiger partial charge in [0.1, 0.15) is 5.82 Å². The molecule has 0 spiro atoms. The van der Waals surface area contributed by atoms with Crippen LogP contribution < -0.4 is 10.6 Å². The molecule has 0 aliphatic heterocycles. The Morgan fingerprint density at radius 2 is 1.86 bits per heavy atom. The molecule has 0 radical (unpaired) electrons. The molecule has 1 heterocycles. The van der Waals surface area contributed by atoms with Crippen LogP contribution in [0, 0.1) is 0 Å². The lowest BCUT2D eigenvalue weighted by molar-refractivity contribution is 0.592. The van der Waals surface area contributed by atoms with E-state index in [1.165, 1.54) is 5.56 Å². The summed E-state index contributed by atoms with van der Waals surface area (Å²) in [5, 5.41) is 6.72. The molecule has 2 aromatic rings. The van der Waals surface area contributed by atoms with E-state index in [9.17, 15) is 0 Å². The molecule has 0 aliphatic rings. The lowest BCUT2D eigenvalue weighted by atomic mass is 9.86. The zero-order valence-corrected chi connectivity index (χ0v) is 14.1. The summed E-state index contributed by atoms with van der Waals surface area (Å²) >= 11 is 0. The third-order valence-corrected chi connectivity index (χ3v) is 3.64. The van der Waals surface area contributed by atoms with E-state index < -0.39 is 0 Å². The first-order valence-electron chi connectivity index (χ1n) is 7.86. The van der Waals surface area contributed by atoms with Gasteiger partial charge in [0.05, 0.1) is 0 Å². The van der Waals surface area contributed by atoms with Crippen molar-refractivity contribution >= 4 is 17.5 Å². The van der Waals surface area contributed by atoms with E-state index in [-0.39, 0.29) is 5.41 Å². The first kappa shape index (κ1) is 16.3. The molecular formula is C18H26N4. The standard InChI is InChI=1S/C18H26N4/c1-6-13(2)20-16-11-12-19-17(22-16)21-15-10-8-7-9-14(15)18(3,4)5/h7-13H,6H2,1-5H3,(H2,19,20,21,22). The molecule has 4 nitrogen and oxygen atoms in total. The number of hydrogen-bond donors (Lipinski definition) is 2. The molecule has 22 heavy (non-hydrogen) atoms. The zero-order chi connectivity index (χ0) is 16.2. The number of benzene rings is 1. The van der Waals surface area contributed by atoms with Gasteiger partial charge in [-0.25, -0.2) is 4.98 Å². The number of hydrogen-bond acceptors (Lipinski definition) is 4. The van der Waals surface area contributed by atoms with Gasteiger partial charge >= 0.3 is 0 Å². The number of anilines is 3. The highest BCUT2D eigenvalue weighted by Gasteiger charge is 2.17. The minimum Gasteiger partial charge on any atom is -0.367 e. The summed E-state index contributed by atoms with van der Waals surface area (Å²) in [6.45, 7) is 10.9. The highest BCUT2D eigenvalue weighted by molar-refractivity contribution is 5.61. The maximum absolute atomic E-state index is 4.55. The van der Waals surface area contributed by atoms with E-state index >= 15 is 0 Å². The second-order valence-corrected chi connectivity index (χ2v) is 6.64. The van der Waals surface area contributed by atoms with Crippen molar-refractivity contribution in [2.75, 3.05) is 10.6 Å². The Balaban J connectivity index is 2.23. The third kappa shape index (κ3) is 4.20. The molecule has 0 saturated heterocycles. The summed E-state index contributed by atoms with van der Waals surface area (Å²) in [6.07, 6.45) is 2.83. The minimum atomic E-state index is 0.0657. The second-order valence-electron chi connectivity index (χ2n) is 6.64. The lowest BCUT2D eigenvalue weighted by Crippen LogP contribution is -2.16. The fraction of sp³-hybridized carbons (Fsp3) is 0.444. The van der Waals surface area contributed by atoms with Gasteiger partial charge in [0, 0.05) is 17.9 Å². The predicted molar refractivity (Wildman–Crippen MR) is 93.8 cm³/mol. The smallest absolute Gasteiger partial charge is 0.229 e. The summed E-state index contributed by atoms with van der Waals surface area (Å²) in [7, 11) is 0. The molecule has 2 rings (SSSR count). The van der Waals surface area contributed by atoms with Gasteiger partial charge in [0.15, 0.2) is 0 Å². The first-order chi connectivity index (χ1) is 10.4. The molecule has 0 aliphatic carbocycles. The fourth-order valence-corrected chi connectivity index (χ4v) is 2.22. The van der Waals surface area contributed by atoms with E-state index in [0.717, 1.165) is 17.9 Å². The summed E-state index contributed by atoms with van der Waals surface area (Å²) < 4.78 is 0. The van der Waals surface area contributed by atoms with Gasteiger partial charge in [-0.15, -0.1) is 0 Å². The Labute approximate surface area is 133 Å². The number of para-hydroxylation sites is 1. The SMILES string of the molecule is CCC(C)Nc1ccnc(Nc2ccccc2C(C)(C)C)n1. The van der Waals surface area contributed by atoms with Crippen LogP contribution in [-0.2, 0) is 5.41 Å². The van der Waals surface area contributed by atoms with Gasteiger partial charge in [-0.1, -0.05) is 45.9 Å². The molecular weight excluding hydrogens is 272 g/mol. The van der Waals surface area contributed by atoms with Crippen LogP contribution in [0.4, 0.5) is 17.5 Å². The van der Waals surface area contributed by atoms with Crippen LogP contribution in [0.2, 0.25) is 0 Å². The molecule has 0 saturated carbocycles. The van der Waals surface area contributed by atoms with Crippen LogP contribution in [-0.4, -0.2) is 16.0 Å². The number of nitrogens with zero attached hydrogens (tertiary/aromatic N) is 2. The van der Waals surface area contributed by atoms with Gasteiger partial charge in [0.25, 0.3) is 0 Å². The Hall–Kier alpha value is -2.10. The first-order valence-corrected chi connectivity index (χ1v) is 7.86. The molecule has 4 heteroatoms. The molecule has 1 aromatic heterocycles. The van der Waals surface area contributed by atoms with Gasteiger partial charge in [-0.2, -0.15) is 4.98 Å². The van der Waals surface area contributed by atoms with Crippen molar-refractivity contribution in [3.8, 4) is 0 Å². The monoisotopic (exact) mass is 298 g/mol. The van der Waals surface area contributed by atoms with E-state index in [1.54, 1.807) is 6.20 Å². The van der Waals surface area contributed by atoms with Crippen LogP contribution in [0.3, 0.4) is 0 Å². The summed E-state index contributed by atoms with van der Waals surface area (Å²) in [6, 6.07) is 10.6. The van der Waals surface area contributed by atoms with Crippen molar-refractivity contribution in [3.05, 3.63) is 42.1 Å². The van der Waals surface area contributed by atoms with Crippen molar-refractivity contribution in [1.29, 1.82) is 0 Å². The zero-order valence-electron chi connectivity index (χ0n) is 14.1. The van der Waals surface area contributed by atoms with E-state index in [2.05, 4.69) is 73.4 Å². The van der Waals surface area contributed by atoms with Gasteiger partial charge in [-0.3, -0.25) is 0 Å². The van der Waals surface area contributed by atoms with Crippen LogP contribution in [0.5, 0.6) is 0 Å². The average Bonchev–Trinajstić information content (AvgIpc) is 2.47. The molecule has 0 bridgehead atoms. The number of aromatic nitrogens is 2. The normalized spacial score (nSPS) is 12.8. The lowest BCUT2D eigenvalue weighted by Gasteiger charge is -2.23. The van der Waals surface area contributed by atoms with Gasteiger partial charge < -0.3 is 10.6 Å². The Morgan fingerprint density at radius 1 is 1.14 bits per heavy atom. The molecule has 118 valence electrons. The summed E-state index contributed by atoms with van der Waals surface area (Å²) in [5.74, 6) is 1.46. The molecule has 2 N–H and O–H groups in total. The predicted octanol–water partition coefficient (Wildman–Crippen LogP) is 4.73. The van der Waals surface area contributed by atoms with Gasteiger partial charge in [0.2, 0.25) is 5.95 Å². The van der Waals surface area contributed by atoms with Crippen LogP contribution in [0.1, 0.15) is 46.6 Å². The van der Waals surface area contributed by atoms with Crippen molar-refractivity contribution in [2.45, 2.75) is 52.5 Å². The Kier molecular flexibility index (Phi) is 5.01. The van der Waals surface area contributed by atoms with E-state index in [1.807, 2.05) is 12.1 Å². The van der Waals surface area contributed by atoms with Crippen molar-refractivity contribution in [1.82, 2.24) is 9.97 Å². The molecule has 0 amide bonds. The quantitative estimate of drug-likeness (QED) is 0.838. The van der Waals surface area contributed by atoms with E-state index in [0.29, 0.717) is 12.0 Å². The highest BCUT2D eigenvalue weighted by Crippen LogP contribution is 2.30. The van der Waals surface area contributed by atoms with Crippen LogP contribution in [0.15, 0.2) is 36.5 Å². The topological polar surface area (TPSA) is 49.8 Å². The van der Waals surface area contributed by atoms with Crippen LogP contribution >= 0.6 is 0 Å². The number of rotatable bonds is 5. The molecule has 1 aromatic carbocycles. The van der Waals surface area contributed by atoms with Gasteiger partial charge in [-0.05, 0) is 36.5 Å². The third-order valence-electron chi connectivity index (χ3n) is 3.64.